The van der Waals surface area contributed by atoms with E-state index in [1.165, 1.54) is 0 Å². The molecule has 82 valence electrons. The molecule has 0 aromatic heterocycles. The van der Waals surface area contributed by atoms with E-state index in [4.69, 9.17) is 18.9 Å². The summed E-state index contributed by atoms with van der Waals surface area (Å²) in [6.45, 7) is 3.20. The molecular weight excluding hydrogens is 183 g/mol. The Balaban J connectivity index is 2.40. The molecule has 1 heterocycles. The molecule has 5 heteroatoms. The van der Waals surface area contributed by atoms with Crippen LogP contribution in [0.5, 0.6) is 0 Å². The molecule has 1 saturated heterocycles. The molecule has 0 bridgehead atoms. The lowest BCUT2D eigenvalue weighted by Gasteiger charge is -2.24. The van der Waals surface area contributed by atoms with E-state index in [2.05, 4.69) is 0 Å². The van der Waals surface area contributed by atoms with Crippen LogP contribution >= 0.6 is 0 Å². The number of hydrogen-bond donors (Lipinski definition) is 0. The van der Waals surface area contributed by atoms with E-state index < -0.39 is 0 Å². The molecule has 0 amide bonds. The predicted octanol–water partition coefficient (Wildman–Crippen LogP) is -0.589. The minimum atomic E-state index is 0.0187. The molecule has 0 saturated carbocycles. The first-order chi connectivity index (χ1) is 6.69. The fraction of sp³-hybridized carbons (Fsp3) is 1.00. The van der Waals surface area contributed by atoms with Crippen LogP contribution in [0.1, 0.15) is 6.92 Å². The van der Waals surface area contributed by atoms with Crippen molar-refractivity contribution in [2.45, 2.75) is 31.2 Å². The third kappa shape index (κ3) is 2.95. The summed E-state index contributed by atoms with van der Waals surface area (Å²) in [7, 11) is 5.36. The van der Waals surface area contributed by atoms with Gasteiger partial charge in [-0.05, 0) is 6.92 Å². The second kappa shape index (κ2) is 5.71. The van der Waals surface area contributed by atoms with Crippen molar-refractivity contribution in [3.8, 4) is 0 Å². The molecule has 0 aromatic rings. The summed E-state index contributed by atoms with van der Waals surface area (Å²) in [5.74, 6) is 0. The van der Waals surface area contributed by atoms with E-state index in [-0.39, 0.29) is 24.3 Å². The summed E-state index contributed by atoms with van der Waals surface area (Å²) in [5.41, 5.74) is 0. The average molecular weight is 202 g/mol. The first-order valence-corrected chi connectivity index (χ1v) is 4.97. The number of methoxy groups -OCH3 is 2. The lowest BCUT2D eigenvalue weighted by molar-refractivity contribution is -0.0860. The molecule has 1 fully saturated rings. The van der Waals surface area contributed by atoms with Gasteiger partial charge in [-0.3, -0.25) is 0 Å². The standard InChI is InChI=1S/C9H19BO4/c1-6(4-11-2)14-8-7(12-3)5-13-9(8)10/h6-9H,4-5,10H2,1-3H3/t6?,7?,8?,9-/m1/s1. The Morgan fingerprint density at radius 1 is 1.50 bits per heavy atom. The zero-order valence-electron chi connectivity index (χ0n) is 9.36. The van der Waals surface area contributed by atoms with Gasteiger partial charge in [0.2, 0.25) is 0 Å². The predicted molar refractivity (Wildman–Crippen MR) is 55.3 cm³/mol. The van der Waals surface area contributed by atoms with Crippen LogP contribution in [0.4, 0.5) is 0 Å². The summed E-state index contributed by atoms with van der Waals surface area (Å²) in [5, 5.41) is 0. The lowest BCUT2D eigenvalue weighted by Crippen LogP contribution is -2.38. The molecule has 0 aromatic carbocycles. The second-order valence-corrected chi connectivity index (χ2v) is 3.68. The van der Waals surface area contributed by atoms with Gasteiger partial charge in [-0.15, -0.1) is 0 Å². The van der Waals surface area contributed by atoms with Crippen LogP contribution in [0.3, 0.4) is 0 Å². The highest BCUT2D eigenvalue weighted by molar-refractivity contribution is 6.11. The maximum absolute atomic E-state index is 5.79. The highest BCUT2D eigenvalue weighted by Gasteiger charge is 2.36. The molecule has 4 nitrogen and oxygen atoms in total. The van der Waals surface area contributed by atoms with Gasteiger partial charge in [0, 0.05) is 14.2 Å². The van der Waals surface area contributed by atoms with Crippen molar-refractivity contribution in [3.63, 3.8) is 0 Å². The van der Waals surface area contributed by atoms with Crippen LogP contribution in [-0.4, -0.2) is 59.6 Å². The highest BCUT2D eigenvalue weighted by atomic mass is 16.6. The molecule has 14 heavy (non-hydrogen) atoms. The summed E-state index contributed by atoms with van der Waals surface area (Å²) in [6, 6.07) is 0.0965. The normalized spacial score (nSPS) is 34.6. The maximum atomic E-state index is 5.79. The quantitative estimate of drug-likeness (QED) is 0.558. The minimum absolute atomic E-state index is 0.0187. The minimum Gasteiger partial charge on any atom is -0.382 e. The Morgan fingerprint density at radius 3 is 2.79 bits per heavy atom. The monoisotopic (exact) mass is 202 g/mol. The van der Waals surface area contributed by atoms with Gasteiger partial charge >= 0.3 is 0 Å². The number of hydrogen-bond acceptors (Lipinski definition) is 4. The Labute approximate surface area is 86.3 Å². The van der Waals surface area contributed by atoms with Crippen molar-refractivity contribution in [2.24, 2.45) is 0 Å². The van der Waals surface area contributed by atoms with Crippen molar-refractivity contribution in [2.75, 3.05) is 27.4 Å². The Morgan fingerprint density at radius 2 is 2.21 bits per heavy atom. The molecule has 1 aliphatic rings. The Kier molecular flexibility index (Phi) is 4.88. The zero-order chi connectivity index (χ0) is 10.6. The van der Waals surface area contributed by atoms with Crippen molar-refractivity contribution in [1.29, 1.82) is 0 Å². The topological polar surface area (TPSA) is 36.9 Å². The fourth-order valence-electron chi connectivity index (χ4n) is 1.68. The van der Waals surface area contributed by atoms with Gasteiger partial charge in [-0.1, -0.05) is 0 Å². The summed E-state index contributed by atoms with van der Waals surface area (Å²) < 4.78 is 21.5. The molecule has 3 unspecified atom stereocenters. The third-order valence-electron chi connectivity index (χ3n) is 2.45. The van der Waals surface area contributed by atoms with Crippen molar-refractivity contribution in [1.82, 2.24) is 0 Å². The maximum Gasteiger partial charge on any atom is 0.142 e. The Hall–Kier alpha value is -0.0951. The first-order valence-electron chi connectivity index (χ1n) is 4.97. The molecule has 0 N–H and O–H groups in total. The Bertz CT molecular complexity index is 167. The molecule has 0 radical (unpaired) electrons. The summed E-state index contributed by atoms with van der Waals surface area (Å²) in [6.07, 6.45) is 0.140. The van der Waals surface area contributed by atoms with Gasteiger partial charge in [0.1, 0.15) is 20.1 Å². The van der Waals surface area contributed by atoms with E-state index in [1.807, 2.05) is 14.8 Å². The largest absolute Gasteiger partial charge is 0.382 e. The molecule has 4 atom stereocenters. The zero-order valence-corrected chi connectivity index (χ0v) is 9.36. The molecule has 1 rings (SSSR count). The highest BCUT2D eigenvalue weighted by Crippen LogP contribution is 2.19. The van der Waals surface area contributed by atoms with Crippen LogP contribution in [-0.2, 0) is 18.9 Å². The van der Waals surface area contributed by atoms with E-state index in [1.54, 1.807) is 14.2 Å². The number of rotatable bonds is 5. The molecule has 0 aliphatic carbocycles. The fourth-order valence-corrected chi connectivity index (χ4v) is 1.68. The van der Waals surface area contributed by atoms with Crippen molar-refractivity contribution < 1.29 is 18.9 Å². The average Bonchev–Trinajstić information content (AvgIpc) is 2.48. The van der Waals surface area contributed by atoms with Gasteiger partial charge in [0.15, 0.2) is 0 Å². The van der Waals surface area contributed by atoms with Crippen molar-refractivity contribution in [3.05, 3.63) is 0 Å². The van der Waals surface area contributed by atoms with E-state index in [0.717, 1.165) is 0 Å². The SMILES string of the molecule is B[C@@H]1OCC(OC)C1OC(C)COC. The van der Waals surface area contributed by atoms with Crippen molar-refractivity contribution >= 4 is 7.85 Å². The van der Waals surface area contributed by atoms with Gasteiger partial charge in [-0.2, -0.15) is 0 Å². The number of ether oxygens (including phenoxy) is 4. The van der Waals surface area contributed by atoms with Gasteiger partial charge in [-0.25, -0.2) is 0 Å². The van der Waals surface area contributed by atoms with Crippen LogP contribution in [0.2, 0.25) is 0 Å². The smallest absolute Gasteiger partial charge is 0.142 e. The van der Waals surface area contributed by atoms with E-state index in [9.17, 15) is 0 Å². The van der Waals surface area contributed by atoms with Gasteiger partial charge in [0.25, 0.3) is 0 Å². The van der Waals surface area contributed by atoms with E-state index in [0.29, 0.717) is 13.2 Å². The van der Waals surface area contributed by atoms with Crippen LogP contribution in [0.25, 0.3) is 0 Å². The van der Waals surface area contributed by atoms with E-state index >= 15 is 0 Å². The van der Waals surface area contributed by atoms with Gasteiger partial charge < -0.3 is 18.9 Å². The van der Waals surface area contributed by atoms with Crippen LogP contribution in [0, 0.1) is 0 Å². The lowest BCUT2D eigenvalue weighted by atomic mass is 9.93. The second-order valence-electron chi connectivity index (χ2n) is 3.68. The third-order valence-corrected chi connectivity index (χ3v) is 2.45. The first kappa shape index (κ1) is 12.0. The van der Waals surface area contributed by atoms with Crippen LogP contribution in [0.15, 0.2) is 0 Å². The summed E-state index contributed by atoms with van der Waals surface area (Å²) >= 11 is 0. The summed E-state index contributed by atoms with van der Waals surface area (Å²) in [4.78, 5) is 0. The van der Waals surface area contributed by atoms with Crippen LogP contribution < -0.4 is 0 Å². The molecule has 1 aliphatic heterocycles. The molecule has 0 spiro atoms. The van der Waals surface area contributed by atoms with Gasteiger partial charge in [0.05, 0.1) is 25.3 Å². The molecular formula is C9H19BO4.